The molecule has 1 fully saturated rings. The Morgan fingerprint density at radius 2 is 2.00 bits per heavy atom. The van der Waals surface area contributed by atoms with Gasteiger partial charge >= 0.3 is 5.97 Å². The van der Waals surface area contributed by atoms with E-state index in [0.29, 0.717) is 25.9 Å². The van der Waals surface area contributed by atoms with Crippen LogP contribution in [0.1, 0.15) is 42.9 Å². The van der Waals surface area contributed by atoms with E-state index in [0.717, 1.165) is 30.5 Å². The van der Waals surface area contributed by atoms with Gasteiger partial charge in [0.15, 0.2) is 0 Å². The number of rotatable bonds is 2. The van der Waals surface area contributed by atoms with E-state index in [4.69, 9.17) is 5.11 Å². The topological polar surface area (TPSA) is 70.5 Å². The lowest BCUT2D eigenvalue weighted by Gasteiger charge is -2.34. The number of carbonyl (C=O) groups is 2. The molecule has 1 N–H and O–H groups in total. The van der Waals surface area contributed by atoms with E-state index in [1.807, 2.05) is 17.0 Å². The Kier molecular flexibility index (Phi) is 3.90. The SMILES string of the molecule is O=C(O)C1CCN(C(=O)C2CCCc3ncccc32)CC1. The molecule has 1 amide bonds. The molecule has 1 saturated heterocycles. The van der Waals surface area contributed by atoms with E-state index in [1.165, 1.54) is 0 Å². The van der Waals surface area contributed by atoms with Gasteiger partial charge in [-0.3, -0.25) is 14.6 Å². The Hall–Kier alpha value is -1.91. The Bertz CT molecular complexity index is 550. The van der Waals surface area contributed by atoms with Crippen molar-refractivity contribution < 1.29 is 14.7 Å². The number of likely N-dealkylation sites (tertiary alicyclic amines) is 1. The zero-order valence-corrected chi connectivity index (χ0v) is 12.0. The van der Waals surface area contributed by atoms with Crippen LogP contribution in [0.25, 0.3) is 0 Å². The van der Waals surface area contributed by atoms with Gasteiger partial charge < -0.3 is 10.0 Å². The molecule has 5 nitrogen and oxygen atoms in total. The first-order chi connectivity index (χ1) is 10.2. The third-order valence-corrected chi connectivity index (χ3v) is 4.66. The van der Waals surface area contributed by atoms with Crippen LogP contribution in [0.3, 0.4) is 0 Å². The van der Waals surface area contributed by atoms with Crippen LogP contribution in [-0.4, -0.2) is 40.0 Å². The molecule has 0 saturated carbocycles. The Morgan fingerprint density at radius 3 is 2.71 bits per heavy atom. The third kappa shape index (κ3) is 2.77. The Labute approximate surface area is 124 Å². The number of amides is 1. The molecule has 1 aromatic heterocycles. The summed E-state index contributed by atoms with van der Waals surface area (Å²) in [5.41, 5.74) is 2.11. The molecule has 1 aliphatic heterocycles. The van der Waals surface area contributed by atoms with Gasteiger partial charge in [0, 0.05) is 25.0 Å². The summed E-state index contributed by atoms with van der Waals surface area (Å²) in [5, 5.41) is 9.03. The lowest BCUT2D eigenvalue weighted by Crippen LogP contribution is -2.43. The number of carboxylic acids is 1. The molecular weight excluding hydrogens is 268 g/mol. The molecule has 1 aliphatic carbocycles. The number of pyridine rings is 1. The standard InChI is InChI=1S/C16H20N2O3/c19-15(18-9-6-11(7-10-18)16(20)21)13-3-1-5-14-12(13)4-2-8-17-14/h2,4,8,11,13H,1,3,5-7,9-10H2,(H,20,21). The Balaban J connectivity index is 1.71. The normalized spacial score (nSPS) is 22.7. The minimum Gasteiger partial charge on any atom is -0.481 e. The van der Waals surface area contributed by atoms with Crippen LogP contribution < -0.4 is 0 Å². The number of hydrogen-bond acceptors (Lipinski definition) is 3. The fourth-order valence-corrected chi connectivity index (χ4v) is 3.43. The molecule has 1 unspecified atom stereocenters. The molecule has 1 atom stereocenters. The molecule has 1 aromatic rings. The predicted octanol–water partition coefficient (Wildman–Crippen LogP) is 1.82. The lowest BCUT2D eigenvalue weighted by atomic mass is 9.84. The van der Waals surface area contributed by atoms with E-state index in [9.17, 15) is 9.59 Å². The van der Waals surface area contributed by atoms with Crippen LogP contribution in [0.4, 0.5) is 0 Å². The molecule has 112 valence electrons. The van der Waals surface area contributed by atoms with Gasteiger partial charge in [-0.25, -0.2) is 0 Å². The van der Waals surface area contributed by atoms with Crippen LogP contribution >= 0.6 is 0 Å². The molecule has 2 aliphatic rings. The summed E-state index contributed by atoms with van der Waals surface area (Å²) in [6, 6.07) is 3.90. The number of aliphatic carboxylic acids is 1. The van der Waals surface area contributed by atoms with Crippen LogP contribution in [-0.2, 0) is 16.0 Å². The second-order valence-corrected chi connectivity index (χ2v) is 5.92. The van der Waals surface area contributed by atoms with E-state index < -0.39 is 5.97 Å². The zero-order valence-electron chi connectivity index (χ0n) is 12.0. The predicted molar refractivity (Wildman–Crippen MR) is 76.9 cm³/mol. The van der Waals surface area contributed by atoms with Crippen LogP contribution in [0, 0.1) is 5.92 Å². The van der Waals surface area contributed by atoms with E-state index >= 15 is 0 Å². The number of aryl methyl sites for hydroxylation is 1. The minimum absolute atomic E-state index is 0.0937. The monoisotopic (exact) mass is 288 g/mol. The fourth-order valence-electron chi connectivity index (χ4n) is 3.43. The molecule has 5 heteroatoms. The number of hydrogen-bond donors (Lipinski definition) is 1. The largest absolute Gasteiger partial charge is 0.481 e. The average Bonchev–Trinajstić information content (AvgIpc) is 2.53. The molecule has 0 bridgehead atoms. The highest BCUT2D eigenvalue weighted by Crippen LogP contribution is 2.32. The van der Waals surface area contributed by atoms with Crippen molar-refractivity contribution in [3.8, 4) is 0 Å². The van der Waals surface area contributed by atoms with Crippen LogP contribution in [0.5, 0.6) is 0 Å². The molecule has 3 rings (SSSR count). The quantitative estimate of drug-likeness (QED) is 0.901. The third-order valence-electron chi connectivity index (χ3n) is 4.66. The summed E-state index contributed by atoms with van der Waals surface area (Å²) in [5.74, 6) is -0.986. The van der Waals surface area contributed by atoms with E-state index in [1.54, 1.807) is 6.20 Å². The van der Waals surface area contributed by atoms with Crippen molar-refractivity contribution in [3.05, 3.63) is 29.6 Å². The maximum Gasteiger partial charge on any atom is 0.306 e. The van der Waals surface area contributed by atoms with Crippen molar-refractivity contribution in [2.45, 2.75) is 38.0 Å². The first-order valence-electron chi connectivity index (χ1n) is 7.62. The summed E-state index contributed by atoms with van der Waals surface area (Å²) in [6.45, 7) is 1.11. The van der Waals surface area contributed by atoms with E-state index in [-0.39, 0.29) is 17.7 Å². The number of carbonyl (C=O) groups excluding carboxylic acids is 1. The summed E-state index contributed by atoms with van der Waals surface area (Å²) in [7, 11) is 0. The van der Waals surface area contributed by atoms with Gasteiger partial charge in [0.1, 0.15) is 0 Å². The second kappa shape index (κ2) is 5.84. The number of fused-ring (bicyclic) bond motifs is 1. The maximum absolute atomic E-state index is 12.7. The second-order valence-electron chi connectivity index (χ2n) is 5.92. The average molecular weight is 288 g/mol. The number of aromatic nitrogens is 1. The molecule has 0 spiro atoms. The van der Waals surface area contributed by atoms with Crippen molar-refractivity contribution >= 4 is 11.9 Å². The summed E-state index contributed by atoms with van der Waals surface area (Å²) >= 11 is 0. The summed E-state index contributed by atoms with van der Waals surface area (Å²) < 4.78 is 0. The van der Waals surface area contributed by atoms with Crippen molar-refractivity contribution in [3.63, 3.8) is 0 Å². The first kappa shape index (κ1) is 14.0. The molecule has 2 heterocycles. The maximum atomic E-state index is 12.7. The highest BCUT2D eigenvalue weighted by molar-refractivity contribution is 5.84. The number of carboxylic acid groups (broad SMARTS) is 1. The first-order valence-corrected chi connectivity index (χ1v) is 7.62. The van der Waals surface area contributed by atoms with Gasteiger partial charge in [0.25, 0.3) is 0 Å². The van der Waals surface area contributed by atoms with Crippen LogP contribution in [0.15, 0.2) is 18.3 Å². The minimum atomic E-state index is -0.741. The Morgan fingerprint density at radius 1 is 1.24 bits per heavy atom. The van der Waals surface area contributed by atoms with Crippen LogP contribution in [0.2, 0.25) is 0 Å². The van der Waals surface area contributed by atoms with Crippen molar-refractivity contribution in [1.82, 2.24) is 9.88 Å². The smallest absolute Gasteiger partial charge is 0.306 e. The van der Waals surface area contributed by atoms with Gasteiger partial charge in [-0.05, 0) is 43.7 Å². The zero-order chi connectivity index (χ0) is 14.8. The molecule has 0 radical (unpaired) electrons. The van der Waals surface area contributed by atoms with Crippen molar-refractivity contribution in [2.75, 3.05) is 13.1 Å². The van der Waals surface area contributed by atoms with Crippen molar-refractivity contribution in [1.29, 1.82) is 0 Å². The number of piperidine rings is 1. The number of nitrogens with zero attached hydrogens (tertiary/aromatic N) is 2. The highest BCUT2D eigenvalue weighted by Gasteiger charge is 2.33. The van der Waals surface area contributed by atoms with Crippen molar-refractivity contribution in [2.24, 2.45) is 5.92 Å². The van der Waals surface area contributed by atoms with E-state index in [2.05, 4.69) is 4.98 Å². The molecule has 0 aromatic carbocycles. The lowest BCUT2D eigenvalue weighted by molar-refractivity contribution is -0.146. The van der Waals surface area contributed by atoms with Gasteiger partial charge in [-0.15, -0.1) is 0 Å². The molecular formula is C16H20N2O3. The summed E-state index contributed by atoms with van der Waals surface area (Å²) in [4.78, 5) is 30.0. The van der Waals surface area contributed by atoms with Gasteiger partial charge in [0.05, 0.1) is 11.8 Å². The highest BCUT2D eigenvalue weighted by atomic mass is 16.4. The molecule has 21 heavy (non-hydrogen) atoms. The summed E-state index contributed by atoms with van der Waals surface area (Å²) in [6.07, 6.45) is 5.72. The van der Waals surface area contributed by atoms with Gasteiger partial charge in [-0.1, -0.05) is 6.07 Å². The van der Waals surface area contributed by atoms with Gasteiger partial charge in [-0.2, -0.15) is 0 Å². The van der Waals surface area contributed by atoms with Gasteiger partial charge in [0.2, 0.25) is 5.91 Å². The fraction of sp³-hybridized carbons (Fsp3) is 0.562.